The first-order chi connectivity index (χ1) is 16.8. The lowest BCUT2D eigenvalue weighted by Gasteiger charge is -2.27. The number of nitrogens with zero attached hydrogens (tertiary/aromatic N) is 1. The van der Waals surface area contributed by atoms with Crippen molar-refractivity contribution in [2.75, 3.05) is 18.6 Å². The van der Waals surface area contributed by atoms with Crippen molar-refractivity contribution >= 4 is 46.3 Å². The average Bonchev–Trinajstić information content (AvgIpc) is 3.09. The van der Waals surface area contributed by atoms with Gasteiger partial charge in [0.25, 0.3) is 11.7 Å². The topological polar surface area (TPSA) is 76.1 Å². The molecule has 1 aliphatic heterocycles. The summed E-state index contributed by atoms with van der Waals surface area (Å²) < 4.78 is 11.0. The monoisotopic (exact) mass is 511 g/mol. The van der Waals surface area contributed by atoms with Crippen LogP contribution in [0.25, 0.3) is 5.76 Å². The van der Waals surface area contributed by atoms with Crippen LogP contribution in [-0.4, -0.2) is 30.5 Å². The van der Waals surface area contributed by atoms with Crippen molar-refractivity contribution in [3.8, 4) is 11.5 Å². The van der Waals surface area contributed by atoms with E-state index in [1.807, 2.05) is 26.0 Å². The highest BCUT2D eigenvalue weighted by Crippen LogP contribution is 2.45. The molecule has 3 aromatic carbocycles. The van der Waals surface area contributed by atoms with E-state index in [4.69, 9.17) is 32.7 Å². The summed E-state index contributed by atoms with van der Waals surface area (Å²) in [5.74, 6) is -1.33. The SMILES string of the molecule is CCOc1cccc(C2/C(=C(\O)c3cc(Cl)cc(Cl)c3OC)C(=O)C(=O)N2c2ccccc2C)c1. The number of ether oxygens (including phenoxy) is 2. The number of rotatable bonds is 6. The van der Waals surface area contributed by atoms with Gasteiger partial charge >= 0.3 is 0 Å². The maximum absolute atomic E-state index is 13.4. The molecule has 35 heavy (non-hydrogen) atoms. The van der Waals surface area contributed by atoms with Crippen LogP contribution < -0.4 is 14.4 Å². The third-order valence-corrected chi connectivity index (χ3v) is 6.27. The summed E-state index contributed by atoms with van der Waals surface area (Å²) in [7, 11) is 1.39. The minimum Gasteiger partial charge on any atom is -0.507 e. The lowest BCUT2D eigenvalue weighted by Crippen LogP contribution is -2.30. The molecule has 3 aromatic rings. The molecule has 4 rings (SSSR count). The van der Waals surface area contributed by atoms with Gasteiger partial charge in [0.05, 0.1) is 35.9 Å². The lowest BCUT2D eigenvalue weighted by molar-refractivity contribution is -0.132. The molecule has 0 bridgehead atoms. The van der Waals surface area contributed by atoms with Crippen molar-refractivity contribution in [2.45, 2.75) is 19.9 Å². The van der Waals surface area contributed by atoms with Gasteiger partial charge in [-0.25, -0.2) is 0 Å². The number of ketones is 1. The number of carbonyl (C=O) groups excluding carboxylic acids is 2. The van der Waals surface area contributed by atoms with Crippen molar-refractivity contribution in [2.24, 2.45) is 0 Å². The molecular formula is C27H23Cl2NO5. The van der Waals surface area contributed by atoms with Gasteiger partial charge in [0.1, 0.15) is 17.3 Å². The highest BCUT2D eigenvalue weighted by Gasteiger charge is 2.47. The number of para-hydroxylation sites is 1. The molecule has 0 aromatic heterocycles. The number of methoxy groups -OCH3 is 1. The largest absolute Gasteiger partial charge is 0.507 e. The fraction of sp³-hybridized carbons (Fsp3) is 0.185. The van der Waals surface area contributed by atoms with Crippen LogP contribution in [0.5, 0.6) is 11.5 Å². The molecule has 1 aliphatic rings. The normalized spacial score (nSPS) is 17.1. The zero-order chi connectivity index (χ0) is 25.3. The Morgan fingerprint density at radius 2 is 1.80 bits per heavy atom. The summed E-state index contributed by atoms with van der Waals surface area (Å²) in [6.45, 7) is 4.16. The number of benzene rings is 3. The fourth-order valence-electron chi connectivity index (χ4n) is 4.26. The second-order valence-corrected chi connectivity index (χ2v) is 8.77. The number of Topliss-reactive ketones (excluding diaryl/α,β-unsaturated/α-hetero) is 1. The molecule has 0 saturated carbocycles. The molecule has 1 saturated heterocycles. The van der Waals surface area contributed by atoms with Gasteiger partial charge in [-0.3, -0.25) is 14.5 Å². The number of aryl methyl sites for hydroxylation is 1. The lowest BCUT2D eigenvalue weighted by atomic mass is 9.94. The van der Waals surface area contributed by atoms with Crippen LogP contribution in [0.2, 0.25) is 10.0 Å². The third kappa shape index (κ3) is 4.47. The van der Waals surface area contributed by atoms with Crippen LogP contribution in [0.4, 0.5) is 5.69 Å². The van der Waals surface area contributed by atoms with Gasteiger partial charge in [0, 0.05) is 10.7 Å². The van der Waals surface area contributed by atoms with E-state index in [2.05, 4.69) is 0 Å². The van der Waals surface area contributed by atoms with E-state index in [1.54, 1.807) is 36.4 Å². The smallest absolute Gasteiger partial charge is 0.300 e. The zero-order valence-corrected chi connectivity index (χ0v) is 20.9. The summed E-state index contributed by atoms with van der Waals surface area (Å²) in [6, 6.07) is 16.3. The third-order valence-electron chi connectivity index (χ3n) is 5.77. The number of aliphatic hydroxyl groups excluding tert-OH is 1. The summed E-state index contributed by atoms with van der Waals surface area (Å²) in [5.41, 5.74) is 1.94. The molecule has 1 atom stereocenters. The zero-order valence-electron chi connectivity index (χ0n) is 19.3. The minimum atomic E-state index is -0.932. The first kappa shape index (κ1) is 24.6. The van der Waals surface area contributed by atoms with E-state index in [1.165, 1.54) is 24.1 Å². The molecule has 8 heteroatoms. The molecule has 6 nitrogen and oxygen atoms in total. The average molecular weight is 512 g/mol. The van der Waals surface area contributed by atoms with Crippen LogP contribution in [0.1, 0.15) is 29.7 Å². The highest BCUT2D eigenvalue weighted by molar-refractivity contribution is 6.52. The Kier molecular flexibility index (Phi) is 7.05. The Morgan fingerprint density at radius 3 is 2.49 bits per heavy atom. The molecule has 1 N–H and O–H groups in total. The Bertz CT molecular complexity index is 1350. The second-order valence-electron chi connectivity index (χ2n) is 7.93. The van der Waals surface area contributed by atoms with Crippen LogP contribution in [0.3, 0.4) is 0 Å². The second kappa shape index (κ2) is 10.0. The number of carbonyl (C=O) groups is 2. The maximum Gasteiger partial charge on any atom is 0.300 e. The fourth-order valence-corrected chi connectivity index (χ4v) is 4.83. The molecule has 1 unspecified atom stereocenters. The number of halogens is 2. The van der Waals surface area contributed by atoms with Gasteiger partial charge in [0.15, 0.2) is 0 Å². The molecule has 1 amide bonds. The van der Waals surface area contributed by atoms with Gasteiger partial charge in [-0.15, -0.1) is 0 Å². The molecular weight excluding hydrogens is 489 g/mol. The molecule has 0 aliphatic carbocycles. The van der Waals surface area contributed by atoms with Crippen LogP contribution in [0.15, 0.2) is 66.2 Å². The van der Waals surface area contributed by atoms with E-state index >= 15 is 0 Å². The quantitative estimate of drug-likeness (QED) is 0.237. The van der Waals surface area contributed by atoms with Crippen LogP contribution in [0, 0.1) is 6.92 Å². The first-order valence-electron chi connectivity index (χ1n) is 10.9. The number of amides is 1. The molecule has 1 heterocycles. The van der Waals surface area contributed by atoms with E-state index in [-0.39, 0.29) is 26.9 Å². The van der Waals surface area contributed by atoms with Gasteiger partial charge in [0.2, 0.25) is 0 Å². The van der Waals surface area contributed by atoms with Gasteiger partial charge < -0.3 is 14.6 Å². The Morgan fingerprint density at radius 1 is 1.06 bits per heavy atom. The first-order valence-corrected chi connectivity index (χ1v) is 11.7. The van der Waals surface area contributed by atoms with Gasteiger partial charge in [-0.2, -0.15) is 0 Å². The summed E-state index contributed by atoms with van der Waals surface area (Å²) in [5, 5.41) is 11.9. The molecule has 0 radical (unpaired) electrons. The van der Waals surface area contributed by atoms with Crippen molar-refractivity contribution in [3.63, 3.8) is 0 Å². The maximum atomic E-state index is 13.4. The Balaban J connectivity index is 2.02. The highest BCUT2D eigenvalue weighted by atomic mass is 35.5. The summed E-state index contributed by atoms with van der Waals surface area (Å²) >= 11 is 12.5. The van der Waals surface area contributed by atoms with Gasteiger partial charge in [-0.05, 0) is 55.3 Å². The van der Waals surface area contributed by atoms with E-state index in [0.29, 0.717) is 23.6 Å². The number of hydrogen-bond donors (Lipinski definition) is 1. The standard InChI is InChI=1S/C27H23Cl2NO5/c1-4-35-18-10-7-9-16(12-18)23-22(24(31)19-13-17(28)14-20(29)26(19)34-3)25(32)27(33)30(23)21-11-6-5-8-15(21)2/h5-14,23,31H,4H2,1-3H3/b24-22+. The van der Waals surface area contributed by atoms with Gasteiger partial charge in [-0.1, -0.05) is 53.5 Å². The van der Waals surface area contributed by atoms with Crippen molar-refractivity contribution in [1.82, 2.24) is 0 Å². The predicted octanol–water partition coefficient (Wildman–Crippen LogP) is 6.34. The van der Waals surface area contributed by atoms with Crippen LogP contribution >= 0.6 is 23.2 Å². The van der Waals surface area contributed by atoms with Crippen molar-refractivity contribution in [3.05, 3.63) is 93.0 Å². The Hall–Kier alpha value is -3.48. The number of anilines is 1. The summed E-state index contributed by atoms with van der Waals surface area (Å²) in [6.07, 6.45) is 0. The predicted molar refractivity (Wildman–Crippen MR) is 137 cm³/mol. The van der Waals surface area contributed by atoms with Crippen molar-refractivity contribution < 1.29 is 24.2 Å². The number of hydrogen-bond acceptors (Lipinski definition) is 5. The molecule has 1 fully saturated rings. The van der Waals surface area contributed by atoms with E-state index < -0.39 is 23.5 Å². The Labute approximate surface area is 213 Å². The minimum absolute atomic E-state index is 0.108. The van der Waals surface area contributed by atoms with Crippen molar-refractivity contribution in [1.29, 1.82) is 0 Å². The molecule has 0 spiro atoms. The van der Waals surface area contributed by atoms with Crippen LogP contribution in [-0.2, 0) is 9.59 Å². The summed E-state index contributed by atoms with van der Waals surface area (Å²) in [4.78, 5) is 28.2. The molecule has 180 valence electrons. The number of aliphatic hydroxyl groups is 1. The van der Waals surface area contributed by atoms with E-state index in [9.17, 15) is 14.7 Å². The van der Waals surface area contributed by atoms with E-state index in [0.717, 1.165) is 5.56 Å².